The van der Waals surface area contributed by atoms with E-state index in [0.29, 0.717) is 18.0 Å². The van der Waals surface area contributed by atoms with Crippen molar-refractivity contribution in [1.29, 1.82) is 0 Å². The molecule has 4 aromatic rings. The van der Waals surface area contributed by atoms with Gasteiger partial charge in [-0.2, -0.15) is 0 Å². The van der Waals surface area contributed by atoms with Gasteiger partial charge in [-0.15, -0.1) is 5.10 Å². The van der Waals surface area contributed by atoms with Crippen molar-refractivity contribution >= 4 is 28.5 Å². The van der Waals surface area contributed by atoms with Crippen LogP contribution in [0.5, 0.6) is 0 Å². The highest BCUT2D eigenvalue weighted by Crippen LogP contribution is 2.32. The monoisotopic (exact) mass is 435 g/mol. The first-order valence-corrected chi connectivity index (χ1v) is 11.0. The maximum atomic E-state index is 13.5. The normalized spacial score (nSPS) is 14.3. The van der Waals surface area contributed by atoms with Crippen molar-refractivity contribution in [2.24, 2.45) is 0 Å². The minimum absolute atomic E-state index is 0.222. The number of piperidine rings is 1. The van der Waals surface area contributed by atoms with Crippen LogP contribution in [0.25, 0.3) is 22.2 Å². The first kappa shape index (κ1) is 19.9. The number of nitrogens with zero attached hydrogens (tertiary/aromatic N) is 5. The molecule has 0 unspecified atom stereocenters. The number of hydrogen-bond donors (Lipinski definition) is 0. The molecule has 2 aromatic heterocycles. The van der Waals surface area contributed by atoms with Crippen LogP contribution < -0.4 is 4.90 Å². The topological polar surface area (TPSA) is 46.8 Å². The van der Waals surface area contributed by atoms with Crippen molar-refractivity contribution in [3.05, 3.63) is 71.1 Å². The maximum Gasteiger partial charge on any atom is 0.129 e. The fraction of sp³-hybridized carbons (Fsp3) is 0.292. The molecule has 2 aromatic carbocycles. The van der Waals surface area contributed by atoms with Crippen LogP contribution in [0.1, 0.15) is 24.8 Å². The highest BCUT2D eigenvalue weighted by atomic mass is 35.5. The van der Waals surface area contributed by atoms with E-state index in [2.05, 4.69) is 32.3 Å². The van der Waals surface area contributed by atoms with Crippen LogP contribution in [0, 0.1) is 5.82 Å². The van der Waals surface area contributed by atoms with Crippen molar-refractivity contribution in [2.75, 3.05) is 18.0 Å². The molecular weight excluding hydrogens is 413 g/mol. The standard InChI is InChI=1S/C24H23ClFN5/c25-21-16-27-24(30-10-2-1-3-11-30)15-20(21)18-7-8-22-23(14-18)31(29-28-22)12-9-17-5-4-6-19(26)13-17/h4-8,13-16H,1-3,9-12H2. The summed E-state index contributed by atoms with van der Waals surface area (Å²) in [7, 11) is 0. The van der Waals surface area contributed by atoms with Crippen LogP contribution in [0.2, 0.25) is 5.02 Å². The summed E-state index contributed by atoms with van der Waals surface area (Å²) in [6, 6.07) is 14.8. The Morgan fingerprint density at radius 3 is 2.71 bits per heavy atom. The predicted molar refractivity (Wildman–Crippen MR) is 122 cm³/mol. The number of fused-ring (bicyclic) bond motifs is 1. The van der Waals surface area contributed by atoms with Crippen molar-refractivity contribution in [2.45, 2.75) is 32.2 Å². The lowest BCUT2D eigenvalue weighted by Crippen LogP contribution is -2.30. The lowest BCUT2D eigenvalue weighted by atomic mass is 10.1. The average Bonchev–Trinajstić information content (AvgIpc) is 3.21. The third kappa shape index (κ3) is 4.26. The molecule has 5 rings (SSSR count). The Morgan fingerprint density at radius 2 is 1.87 bits per heavy atom. The van der Waals surface area contributed by atoms with Gasteiger partial charge >= 0.3 is 0 Å². The van der Waals surface area contributed by atoms with Crippen molar-refractivity contribution in [3.63, 3.8) is 0 Å². The van der Waals surface area contributed by atoms with E-state index in [1.807, 2.05) is 22.9 Å². The molecule has 158 valence electrons. The van der Waals surface area contributed by atoms with E-state index in [1.54, 1.807) is 18.3 Å². The molecule has 3 heterocycles. The molecule has 0 radical (unpaired) electrons. The van der Waals surface area contributed by atoms with E-state index in [4.69, 9.17) is 11.6 Å². The van der Waals surface area contributed by atoms with E-state index < -0.39 is 0 Å². The molecule has 0 N–H and O–H groups in total. The first-order chi connectivity index (χ1) is 15.2. The molecule has 0 atom stereocenters. The Hall–Kier alpha value is -2.99. The van der Waals surface area contributed by atoms with Crippen LogP contribution in [0.4, 0.5) is 10.2 Å². The zero-order chi connectivity index (χ0) is 21.2. The minimum atomic E-state index is -0.222. The average molecular weight is 436 g/mol. The van der Waals surface area contributed by atoms with Gasteiger partial charge in [-0.3, -0.25) is 0 Å². The van der Waals surface area contributed by atoms with Gasteiger partial charge in [0.2, 0.25) is 0 Å². The molecule has 5 nitrogen and oxygen atoms in total. The van der Waals surface area contributed by atoms with Gasteiger partial charge in [0.1, 0.15) is 17.2 Å². The molecule has 0 saturated carbocycles. The first-order valence-electron chi connectivity index (χ1n) is 10.7. The molecule has 0 aliphatic carbocycles. The van der Waals surface area contributed by atoms with Crippen LogP contribution in [0.15, 0.2) is 54.7 Å². The second-order valence-electron chi connectivity index (χ2n) is 7.97. The summed E-state index contributed by atoms with van der Waals surface area (Å²) >= 11 is 6.54. The molecule has 0 amide bonds. The number of hydrogen-bond acceptors (Lipinski definition) is 4. The molecule has 0 bridgehead atoms. The van der Waals surface area contributed by atoms with Gasteiger partial charge < -0.3 is 4.90 Å². The number of aromatic nitrogens is 4. The summed E-state index contributed by atoms with van der Waals surface area (Å²) in [5.41, 5.74) is 4.65. The minimum Gasteiger partial charge on any atom is -0.357 e. The van der Waals surface area contributed by atoms with Crippen molar-refractivity contribution in [3.8, 4) is 11.1 Å². The summed E-state index contributed by atoms with van der Waals surface area (Å²) in [5.74, 6) is 0.747. The highest BCUT2D eigenvalue weighted by Gasteiger charge is 2.15. The maximum absolute atomic E-state index is 13.5. The second kappa shape index (κ2) is 8.63. The fourth-order valence-corrected chi connectivity index (χ4v) is 4.38. The van der Waals surface area contributed by atoms with Crippen molar-refractivity contribution in [1.82, 2.24) is 20.0 Å². The number of rotatable bonds is 5. The molecule has 1 aliphatic rings. The van der Waals surface area contributed by atoms with Gasteiger partial charge in [0.05, 0.1) is 10.5 Å². The number of anilines is 1. The van der Waals surface area contributed by atoms with Crippen molar-refractivity contribution < 1.29 is 4.39 Å². The van der Waals surface area contributed by atoms with E-state index in [0.717, 1.165) is 46.6 Å². The molecular formula is C24H23ClFN5. The smallest absolute Gasteiger partial charge is 0.129 e. The molecule has 1 aliphatic heterocycles. The van der Waals surface area contributed by atoms with Gasteiger partial charge in [0.15, 0.2) is 0 Å². The Labute approximate surface area is 185 Å². The zero-order valence-corrected chi connectivity index (χ0v) is 17.9. The van der Waals surface area contributed by atoms with Crippen LogP contribution >= 0.6 is 11.6 Å². The molecule has 0 spiro atoms. The van der Waals surface area contributed by atoms with Gasteiger partial charge in [-0.1, -0.05) is 35.0 Å². The van der Waals surface area contributed by atoms with E-state index >= 15 is 0 Å². The largest absolute Gasteiger partial charge is 0.357 e. The van der Waals surface area contributed by atoms with E-state index in [-0.39, 0.29) is 5.82 Å². The summed E-state index contributed by atoms with van der Waals surface area (Å²) in [4.78, 5) is 6.89. The molecule has 31 heavy (non-hydrogen) atoms. The Morgan fingerprint density at radius 1 is 1.00 bits per heavy atom. The third-order valence-electron chi connectivity index (χ3n) is 5.85. The second-order valence-corrected chi connectivity index (χ2v) is 8.37. The summed E-state index contributed by atoms with van der Waals surface area (Å²) in [5, 5.41) is 9.21. The SMILES string of the molecule is Fc1cccc(CCn2nnc3ccc(-c4cc(N5CCCCC5)ncc4Cl)cc32)c1. The van der Waals surface area contributed by atoms with Gasteiger partial charge in [-0.05, 0) is 67.1 Å². The van der Waals surface area contributed by atoms with E-state index in [9.17, 15) is 4.39 Å². The lowest BCUT2D eigenvalue weighted by Gasteiger charge is -2.28. The highest BCUT2D eigenvalue weighted by molar-refractivity contribution is 6.33. The fourth-order valence-electron chi connectivity index (χ4n) is 4.17. The molecule has 7 heteroatoms. The van der Waals surface area contributed by atoms with Crippen LogP contribution in [0.3, 0.4) is 0 Å². The van der Waals surface area contributed by atoms with Gasteiger partial charge in [-0.25, -0.2) is 14.1 Å². The Balaban J connectivity index is 1.45. The predicted octanol–water partition coefficient (Wildman–Crippen LogP) is 5.52. The Kier molecular flexibility index (Phi) is 5.55. The zero-order valence-electron chi connectivity index (χ0n) is 17.1. The van der Waals surface area contributed by atoms with Crippen LogP contribution in [-0.2, 0) is 13.0 Å². The molecule has 1 saturated heterocycles. The number of aryl methyl sites for hydroxylation is 2. The summed E-state index contributed by atoms with van der Waals surface area (Å²) in [6.45, 7) is 2.68. The summed E-state index contributed by atoms with van der Waals surface area (Å²) < 4.78 is 15.3. The number of pyridine rings is 1. The summed E-state index contributed by atoms with van der Waals surface area (Å²) in [6.07, 6.45) is 6.09. The Bertz CT molecular complexity index is 1220. The van der Waals surface area contributed by atoms with Gasteiger partial charge in [0.25, 0.3) is 0 Å². The lowest BCUT2D eigenvalue weighted by molar-refractivity contribution is 0.573. The number of benzene rings is 2. The van der Waals surface area contributed by atoms with Crippen LogP contribution in [-0.4, -0.2) is 33.1 Å². The van der Waals surface area contributed by atoms with E-state index in [1.165, 1.54) is 25.3 Å². The quantitative estimate of drug-likeness (QED) is 0.414. The number of halogens is 2. The molecule has 1 fully saturated rings. The van der Waals surface area contributed by atoms with Gasteiger partial charge in [0, 0.05) is 31.4 Å². The third-order valence-corrected chi connectivity index (χ3v) is 6.15.